The van der Waals surface area contributed by atoms with Gasteiger partial charge in [-0.3, -0.25) is 0 Å². The molecule has 0 saturated carbocycles. The third-order valence-electron chi connectivity index (χ3n) is 3.61. The first-order valence-corrected chi connectivity index (χ1v) is 7.54. The van der Waals surface area contributed by atoms with Crippen molar-refractivity contribution >= 4 is 21.4 Å². The lowest BCUT2D eigenvalue weighted by Crippen LogP contribution is -2.12. The second-order valence-corrected chi connectivity index (χ2v) is 6.33. The number of fused-ring (bicyclic) bond motifs is 1. The SMILES string of the molecule is Cc1cc(F)ccc1CC(N)c1cc2cc(F)ccc2s1. The van der Waals surface area contributed by atoms with Crippen LogP contribution in [0.4, 0.5) is 8.78 Å². The van der Waals surface area contributed by atoms with Gasteiger partial charge >= 0.3 is 0 Å². The van der Waals surface area contributed by atoms with Crippen LogP contribution in [0, 0.1) is 18.6 Å². The van der Waals surface area contributed by atoms with Crippen molar-refractivity contribution in [3.05, 3.63) is 70.1 Å². The van der Waals surface area contributed by atoms with E-state index >= 15 is 0 Å². The van der Waals surface area contributed by atoms with E-state index in [9.17, 15) is 8.78 Å². The second-order valence-electron chi connectivity index (χ2n) is 5.21. The van der Waals surface area contributed by atoms with Crippen molar-refractivity contribution in [2.75, 3.05) is 0 Å². The summed E-state index contributed by atoms with van der Waals surface area (Å²) in [5.41, 5.74) is 8.19. The molecule has 0 amide bonds. The van der Waals surface area contributed by atoms with Crippen LogP contribution in [0.5, 0.6) is 0 Å². The van der Waals surface area contributed by atoms with E-state index in [0.29, 0.717) is 6.42 Å². The summed E-state index contributed by atoms with van der Waals surface area (Å²) in [7, 11) is 0. The maximum Gasteiger partial charge on any atom is 0.123 e. The number of thiophene rings is 1. The van der Waals surface area contributed by atoms with E-state index in [-0.39, 0.29) is 17.7 Å². The number of nitrogens with two attached hydrogens (primary N) is 1. The van der Waals surface area contributed by atoms with E-state index in [0.717, 1.165) is 26.1 Å². The van der Waals surface area contributed by atoms with E-state index in [1.165, 1.54) is 24.3 Å². The molecule has 3 rings (SSSR count). The molecule has 0 spiro atoms. The maximum absolute atomic E-state index is 13.2. The second kappa shape index (κ2) is 5.54. The summed E-state index contributed by atoms with van der Waals surface area (Å²) in [4.78, 5) is 1.01. The molecule has 1 nitrogen and oxygen atoms in total. The van der Waals surface area contributed by atoms with Crippen molar-refractivity contribution in [1.29, 1.82) is 0 Å². The zero-order valence-corrected chi connectivity index (χ0v) is 12.4. The Labute approximate surface area is 126 Å². The highest BCUT2D eigenvalue weighted by Gasteiger charge is 2.13. The average Bonchev–Trinajstić information content (AvgIpc) is 2.85. The Morgan fingerprint density at radius 1 is 1.05 bits per heavy atom. The molecule has 3 aromatic rings. The van der Waals surface area contributed by atoms with Gasteiger partial charge in [-0.2, -0.15) is 0 Å². The zero-order chi connectivity index (χ0) is 15.0. The van der Waals surface area contributed by atoms with E-state index in [2.05, 4.69) is 0 Å². The molecule has 0 aliphatic carbocycles. The van der Waals surface area contributed by atoms with Crippen LogP contribution >= 0.6 is 11.3 Å². The summed E-state index contributed by atoms with van der Waals surface area (Å²) in [5.74, 6) is -0.475. The van der Waals surface area contributed by atoms with E-state index in [1.807, 2.05) is 13.0 Å². The van der Waals surface area contributed by atoms with Gasteiger partial charge in [-0.1, -0.05) is 6.07 Å². The smallest absolute Gasteiger partial charge is 0.123 e. The van der Waals surface area contributed by atoms with Crippen LogP contribution in [0.15, 0.2) is 42.5 Å². The molecule has 1 heterocycles. The average molecular weight is 303 g/mol. The Balaban J connectivity index is 1.87. The molecule has 2 N–H and O–H groups in total. The van der Waals surface area contributed by atoms with Gasteiger partial charge in [0.1, 0.15) is 11.6 Å². The standard InChI is InChI=1S/C17H15F2NS/c1-10-6-13(18)3-2-11(10)8-15(20)17-9-12-7-14(19)4-5-16(12)21-17/h2-7,9,15H,8,20H2,1H3. The summed E-state index contributed by atoms with van der Waals surface area (Å²) >= 11 is 1.58. The Bertz CT molecular complexity index is 795. The fourth-order valence-corrected chi connectivity index (χ4v) is 3.49. The lowest BCUT2D eigenvalue weighted by molar-refractivity contribution is 0.624. The molecule has 1 unspecified atom stereocenters. The molecule has 1 atom stereocenters. The maximum atomic E-state index is 13.2. The molecule has 108 valence electrons. The zero-order valence-electron chi connectivity index (χ0n) is 11.6. The number of hydrogen-bond acceptors (Lipinski definition) is 2. The molecule has 0 radical (unpaired) electrons. The summed E-state index contributed by atoms with van der Waals surface area (Å²) in [5, 5.41) is 0.876. The molecule has 0 aliphatic heterocycles. The van der Waals surface area contributed by atoms with E-state index in [1.54, 1.807) is 23.5 Å². The van der Waals surface area contributed by atoms with Crippen molar-refractivity contribution in [2.24, 2.45) is 5.73 Å². The molecular formula is C17H15F2NS. The molecular weight excluding hydrogens is 288 g/mol. The summed E-state index contributed by atoms with van der Waals surface area (Å²) < 4.78 is 27.4. The van der Waals surface area contributed by atoms with Crippen molar-refractivity contribution in [3.63, 3.8) is 0 Å². The number of hydrogen-bond donors (Lipinski definition) is 1. The van der Waals surface area contributed by atoms with Crippen LogP contribution in [0.3, 0.4) is 0 Å². The van der Waals surface area contributed by atoms with Crippen LogP contribution in [0.2, 0.25) is 0 Å². The van der Waals surface area contributed by atoms with Crippen LogP contribution < -0.4 is 5.73 Å². The Hall–Kier alpha value is -1.78. The first kappa shape index (κ1) is 14.2. The number of benzene rings is 2. The minimum Gasteiger partial charge on any atom is -0.323 e. The molecule has 21 heavy (non-hydrogen) atoms. The number of aryl methyl sites for hydroxylation is 1. The topological polar surface area (TPSA) is 26.0 Å². The lowest BCUT2D eigenvalue weighted by Gasteiger charge is -2.11. The Morgan fingerprint density at radius 3 is 2.52 bits per heavy atom. The van der Waals surface area contributed by atoms with Gasteiger partial charge in [-0.05, 0) is 66.3 Å². The minimum absolute atomic E-state index is 0.172. The van der Waals surface area contributed by atoms with Gasteiger partial charge in [0.2, 0.25) is 0 Å². The third kappa shape index (κ3) is 2.96. The molecule has 0 bridgehead atoms. The highest BCUT2D eigenvalue weighted by molar-refractivity contribution is 7.19. The minimum atomic E-state index is -0.241. The highest BCUT2D eigenvalue weighted by Crippen LogP contribution is 2.31. The molecule has 0 aliphatic rings. The quantitative estimate of drug-likeness (QED) is 0.743. The first-order chi connectivity index (χ1) is 10.0. The van der Waals surface area contributed by atoms with Crippen molar-refractivity contribution < 1.29 is 8.78 Å². The molecule has 4 heteroatoms. The van der Waals surface area contributed by atoms with Crippen molar-refractivity contribution in [1.82, 2.24) is 0 Å². The Morgan fingerprint density at radius 2 is 1.76 bits per heavy atom. The summed E-state index contributed by atoms with van der Waals surface area (Å²) in [6, 6.07) is 11.3. The predicted octanol–water partition coefficient (Wildman–Crippen LogP) is 4.73. The summed E-state index contributed by atoms with van der Waals surface area (Å²) in [6.07, 6.45) is 0.640. The highest BCUT2D eigenvalue weighted by atomic mass is 32.1. The van der Waals surface area contributed by atoms with Crippen molar-refractivity contribution in [3.8, 4) is 0 Å². The lowest BCUT2D eigenvalue weighted by atomic mass is 10.0. The van der Waals surface area contributed by atoms with Gasteiger partial charge in [0.05, 0.1) is 0 Å². The van der Waals surface area contributed by atoms with Crippen molar-refractivity contribution in [2.45, 2.75) is 19.4 Å². The fraction of sp³-hybridized carbons (Fsp3) is 0.176. The van der Waals surface area contributed by atoms with E-state index in [4.69, 9.17) is 5.73 Å². The number of halogens is 2. The molecule has 0 saturated heterocycles. The fourth-order valence-electron chi connectivity index (χ4n) is 2.44. The predicted molar refractivity (Wildman–Crippen MR) is 83.6 cm³/mol. The monoisotopic (exact) mass is 303 g/mol. The van der Waals surface area contributed by atoms with Crippen LogP contribution in [-0.2, 0) is 6.42 Å². The molecule has 2 aromatic carbocycles. The largest absolute Gasteiger partial charge is 0.323 e. The molecule has 1 aromatic heterocycles. The van der Waals surface area contributed by atoms with Gasteiger partial charge < -0.3 is 5.73 Å². The summed E-state index contributed by atoms with van der Waals surface area (Å²) in [6.45, 7) is 1.88. The normalized spacial score (nSPS) is 12.8. The van der Waals surface area contributed by atoms with Gasteiger partial charge in [0.15, 0.2) is 0 Å². The number of rotatable bonds is 3. The van der Waals surface area contributed by atoms with Gasteiger partial charge in [0.25, 0.3) is 0 Å². The van der Waals surface area contributed by atoms with E-state index < -0.39 is 0 Å². The van der Waals surface area contributed by atoms with Gasteiger partial charge in [0, 0.05) is 15.6 Å². The third-order valence-corrected chi connectivity index (χ3v) is 4.86. The van der Waals surface area contributed by atoms with Crippen LogP contribution in [0.25, 0.3) is 10.1 Å². The van der Waals surface area contributed by atoms with Crippen LogP contribution in [0.1, 0.15) is 22.0 Å². The van der Waals surface area contributed by atoms with Crippen LogP contribution in [-0.4, -0.2) is 0 Å². The Kier molecular flexibility index (Phi) is 3.74. The molecule has 0 fully saturated rings. The van der Waals surface area contributed by atoms with Gasteiger partial charge in [-0.25, -0.2) is 8.78 Å². The van der Waals surface area contributed by atoms with Gasteiger partial charge in [-0.15, -0.1) is 11.3 Å². The first-order valence-electron chi connectivity index (χ1n) is 6.72.